The Hall–Kier alpha value is -4.20. The number of likely N-dealkylation sites (tertiary alicyclic amines) is 1. The normalized spacial score (nSPS) is 19.2. The summed E-state index contributed by atoms with van der Waals surface area (Å²) in [5, 5.41) is 13.6. The van der Waals surface area contributed by atoms with Gasteiger partial charge >= 0.3 is 0 Å². The lowest BCUT2D eigenvalue weighted by molar-refractivity contribution is -0.130. The Labute approximate surface area is 214 Å². The van der Waals surface area contributed by atoms with Crippen LogP contribution < -0.4 is 5.32 Å². The summed E-state index contributed by atoms with van der Waals surface area (Å²) in [5.41, 5.74) is 7.32. The van der Waals surface area contributed by atoms with Crippen LogP contribution in [0.5, 0.6) is 0 Å². The van der Waals surface area contributed by atoms with Gasteiger partial charge in [0.25, 0.3) is 0 Å². The second kappa shape index (κ2) is 8.44. The van der Waals surface area contributed by atoms with Crippen molar-refractivity contribution in [3.63, 3.8) is 0 Å². The van der Waals surface area contributed by atoms with Crippen molar-refractivity contribution in [1.82, 2.24) is 19.9 Å². The molecule has 1 amide bonds. The molecule has 1 fully saturated rings. The van der Waals surface area contributed by atoms with Crippen LogP contribution in [0.15, 0.2) is 71.2 Å². The lowest BCUT2D eigenvalue weighted by atomic mass is 9.74. The van der Waals surface area contributed by atoms with Crippen molar-refractivity contribution < 1.29 is 4.79 Å². The van der Waals surface area contributed by atoms with E-state index in [2.05, 4.69) is 68.0 Å². The number of hydrogen-bond acceptors (Lipinski definition) is 7. The number of nitrogens with one attached hydrogen (secondary N) is 1. The zero-order valence-electron chi connectivity index (χ0n) is 20.7. The predicted octanol–water partition coefficient (Wildman–Crippen LogP) is 5.38. The SMILES string of the molecule is CC(=O)N1CCC2(CC1)CNc1ccc(-c3ncc4c(n3)C(Cc3ccc5ncccc5c3)N=N4)cc12. The molecule has 2 aromatic carbocycles. The number of rotatable bonds is 3. The molecule has 1 saturated heterocycles. The lowest BCUT2D eigenvalue weighted by Crippen LogP contribution is -2.45. The number of carbonyl (C=O) groups excluding carboxylic acids is 1. The van der Waals surface area contributed by atoms with E-state index in [1.54, 1.807) is 13.1 Å². The van der Waals surface area contributed by atoms with Crippen molar-refractivity contribution in [1.29, 1.82) is 0 Å². The number of anilines is 1. The highest BCUT2D eigenvalue weighted by Crippen LogP contribution is 2.45. The summed E-state index contributed by atoms with van der Waals surface area (Å²) in [6, 6.07) is 16.7. The average molecular weight is 490 g/mol. The van der Waals surface area contributed by atoms with Gasteiger partial charge < -0.3 is 10.2 Å². The molecule has 1 spiro atoms. The minimum atomic E-state index is -0.135. The molecule has 3 aliphatic rings. The van der Waals surface area contributed by atoms with Crippen molar-refractivity contribution >= 4 is 28.2 Å². The van der Waals surface area contributed by atoms with E-state index >= 15 is 0 Å². The average Bonchev–Trinajstić information content (AvgIpc) is 3.49. The molecule has 184 valence electrons. The first kappa shape index (κ1) is 22.0. The largest absolute Gasteiger partial charge is 0.384 e. The monoisotopic (exact) mass is 489 g/mol. The van der Waals surface area contributed by atoms with Gasteiger partial charge in [-0.2, -0.15) is 10.2 Å². The van der Waals surface area contributed by atoms with E-state index in [-0.39, 0.29) is 17.4 Å². The summed E-state index contributed by atoms with van der Waals surface area (Å²) in [6.07, 6.45) is 6.25. The minimum Gasteiger partial charge on any atom is -0.384 e. The highest BCUT2D eigenvalue weighted by Gasteiger charge is 2.42. The summed E-state index contributed by atoms with van der Waals surface area (Å²) < 4.78 is 0. The Morgan fingerprint density at radius 3 is 2.86 bits per heavy atom. The second-order valence-electron chi connectivity index (χ2n) is 10.3. The first-order valence-corrected chi connectivity index (χ1v) is 12.8. The Balaban J connectivity index is 1.17. The van der Waals surface area contributed by atoms with Crippen molar-refractivity contribution in [3.05, 3.63) is 77.7 Å². The molecule has 7 rings (SSSR count). The number of nitrogens with zero attached hydrogens (tertiary/aromatic N) is 6. The molecule has 1 atom stereocenters. The topological polar surface area (TPSA) is 95.7 Å². The molecule has 8 nitrogen and oxygen atoms in total. The van der Waals surface area contributed by atoms with Gasteiger partial charge in [-0.05, 0) is 60.4 Å². The van der Waals surface area contributed by atoms with Crippen LogP contribution >= 0.6 is 0 Å². The third-order valence-corrected chi connectivity index (χ3v) is 8.15. The predicted molar refractivity (Wildman–Crippen MR) is 142 cm³/mol. The number of carbonyl (C=O) groups is 1. The van der Waals surface area contributed by atoms with E-state index in [4.69, 9.17) is 4.98 Å². The Bertz CT molecular complexity index is 1570. The zero-order valence-corrected chi connectivity index (χ0v) is 20.7. The van der Waals surface area contributed by atoms with E-state index in [9.17, 15) is 4.79 Å². The van der Waals surface area contributed by atoms with Crippen LogP contribution in [0, 0.1) is 0 Å². The Kier molecular flexibility index (Phi) is 5.02. The van der Waals surface area contributed by atoms with Crippen LogP contribution in [0.3, 0.4) is 0 Å². The van der Waals surface area contributed by atoms with Gasteiger partial charge in [-0.1, -0.05) is 12.1 Å². The van der Waals surface area contributed by atoms with Gasteiger partial charge in [0, 0.05) is 61.2 Å². The van der Waals surface area contributed by atoms with Crippen molar-refractivity contribution in [2.45, 2.75) is 37.6 Å². The van der Waals surface area contributed by atoms with Gasteiger partial charge in [-0.25, -0.2) is 9.97 Å². The lowest BCUT2D eigenvalue weighted by Gasteiger charge is -2.39. The van der Waals surface area contributed by atoms with Crippen molar-refractivity contribution in [2.75, 3.05) is 25.0 Å². The Morgan fingerprint density at radius 2 is 2.00 bits per heavy atom. The molecule has 1 unspecified atom stereocenters. The van der Waals surface area contributed by atoms with Gasteiger partial charge in [-0.15, -0.1) is 0 Å². The molecular weight excluding hydrogens is 462 g/mol. The summed E-state index contributed by atoms with van der Waals surface area (Å²) >= 11 is 0. The second-order valence-corrected chi connectivity index (χ2v) is 10.3. The highest BCUT2D eigenvalue weighted by atomic mass is 16.2. The molecule has 0 aliphatic carbocycles. The van der Waals surface area contributed by atoms with Gasteiger partial charge in [0.1, 0.15) is 11.7 Å². The number of hydrogen-bond donors (Lipinski definition) is 1. The molecule has 37 heavy (non-hydrogen) atoms. The maximum atomic E-state index is 11.9. The fraction of sp³-hybridized carbons (Fsp3) is 0.310. The zero-order chi connectivity index (χ0) is 25.0. The molecule has 0 radical (unpaired) electrons. The molecular formula is C29H27N7O. The Morgan fingerprint density at radius 1 is 1.11 bits per heavy atom. The van der Waals surface area contributed by atoms with Crippen LogP contribution in [-0.2, 0) is 16.6 Å². The third kappa shape index (κ3) is 3.75. The highest BCUT2D eigenvalue weighted by molar-refractivity contribution is 5.79. The van der Waals surface area contributed by atoms with Crippen LogP contribution in [0.25, 0.3) is 22.3 Å². The number of aromatic nitrogens is 3. The fourth-order valence-corrected chi connectivity index (χ4v) is 5.98. The van der Waals surface area contributed by atoms with Crippen LogP contribution in [0.1, 0.15) is 42.6 Å². The quantitative estimate of drug-likeness (QED) is 0.417. The minimum absolute atomic E-state index is 0.0478. The van der Waals surface area contributed by atoms with Crippen molar-refractivity contribution in [2.24, 2.45) is 10.2 Å². The molecule has 2 aromatic heterocycles. The number of pyridine rings is 1. The number of benzene rings is 2. The van der Waals surface area contributed by atoms with Crippen LogP contribution in [0.4, 0.5) is 11.4 Å². The molecule has 0 saturated carbocycles. The maximum absolute atomic E-state index is 11.9. The first-order valence-electron chi connectivity index (χ1n) is 12.8. The first-order chi connectivity index (χ1) is 18.1. The summed E-state index contributed by atoms with van der Waals surface area (Å²) in [5.74, 6) is 0.858. The van der Waals surface area contributed by atoms with Gasteiger partial charge in [0.15, 0.2) is 5.82 Å². The van der Waals surface area contributed by atoms with Crippen LogP contribution in [-0.4, -0.2) is 45.4 Å². The summed E-state index contributed by atoms with van der Waals surface area (Å²) in [4.78, 5) is 27.9. The molecule has 5 heterocycles. The molecule has 3 aliphatic heterocycles. The van der Waals surface area contributed by atoms with Crippen LogP contribution in [0.2, 0.25) is 0 Å². The molecule has 4 aromatic rings. The molecule has 1 N–H and O–H groups in total. The van der Waals surface area contributed by atoms with E-state index in [1.165, 1.54) is 16.8 Å². The standard InChI is InChI=1S/C29H27N7O/c1-18(37)36-11-8-29(9-12-36)17-32-24-7-5-21(15-22(24)29)28-31-16-26-27(33-28)25(34-35-26)14-19-4-6-23-20(13-19)3-2-10-30-23/h2-7,10,13,15-16,25,32H,8-9,11-12,14,17H2,1H3. The van der Waals surface area contributed by atoms with E-state index in [1.807, 2.05) is 17.2 Å². The number of fused-ring (bicyclic) bond motifs is 4. The summed E-state index contributed by atoms with van der Waals surface area (Å²) in [6.45, 7) is 4.16. The maximum Gasteiger partial charge on any atom is 0.219 e. The third-order valence-electron chi connectivity index (χ3n) is 8.15. The van der Waals surface area contributed by atoms with E-state index in [0.717, 1.165) is 66.7 Å². The van der Waals surface area contributed by atoms with Crippen molar-refractivity contribution in [3.8, 4) is 11.4 Å². The number of piperidine rings is 1. The van der Waals surface area contributed by atoms with E-state index in [0.29, 0.717) is 5.82 Å². The fourth-order valence-electron chi connectivity index (χ4n) is 5.98. The van der Waals surface area contributed by atoms with E-state index < -0.39 is 0 Å². The summed E-state index contributed by atoms with van der Waals surface area (Å²) in [7, 11) is 0. The number of amides is 1. The van der Waals surface area contributed by atoms with Gasteiger partial charge in [-0.3, -0.25) is 9.78 Å². The van der Waals surface area contributed by atoms with Gasteiger partial charge in [0.05, 0.1) is 17.4 Å². The van der Waals surface area contributed by atoms with Gasteiger partial charge in [0.2, 0.25) is 5.91 Å². The number of azo groups is 1. The smallest absolute Gasteiger partial charge is 0.219 e. The molecule has 0 bridgehead atoms. The molecule has 8 heteroatoms.